The van der Waals surface area contributed by atoms with Gasteiger partial charge in [-0.3, -0.25) is 4.79 Å². The average Bonchev–Trinajstić information content (AvgIpc) is 3.17. The number of rotatable bonds is 3. The second-order valence-corrected chi connectivity index (χ2v) is 6.71. The standard InChI is InChI=1S/C23H17N5O/c24-17-12-7-13-18(14-17)28-22(16-10-5-2-6-11-16)19-20(15-8-3-1-4-9-15)25-26-23(29)21(19)27-28/h1-14H,24H2,(H,26,29). The molecule has 3 aromatic carbocycles. The molecule has 0 spiro atoms. The highest BCUT2D eigenvalue weighted by Crippen LogP contribution is 2.35. The Kier molecular flexibility index (Phi) is 3.95. The van der Waals surface area contributed by atoms with Gasteiger partial charge in [0.15, 0.2) is 5.52 Å². The molecule has 3 N–H and O–H groups in total. The molecule has 0 aliphatic carbocycles. The van der Waals surface area contributed by atoms with E-state index in [9.17, 15) is 4.79 Å². The summed E-state index contributed by atoms with van der Waals surface area (Å²) in [5, 5.41) is 12.3. The second kappa shape index (κ2) is 6.76. The molecule has 0 saturated carbocycles. The summed E-state index contributed by atoms with van der Waals surface area (Å²) < 4.78 is 1.76. The van der Waals surface area contributed by atoms with Crippen LogP contribution in [-0.2, 0) is 0 Å². The molecule has 0 fully saturated rings. The molecule has 6 heteroatoms. The second-order valence-electron chi connectivity index (χ2n) is 6.71. The fraction of sp³-hybridized carbons (Fsp3) is 0. The van der Waals surface area contributed by atoms with Crippen molar-refractivity contribution in [2.45, 2.75) is 0 Å². The molecule has 0 unspecified atom stereocenters. The number of hydrogen-bond acceptors (Lipinski definition) is 4. The Labute approximate surface area is 166 Å². The van der Waals surface area contributed by atoms with E-state index in [2.05, 4.69) is 15.3 Å². The summed E-state index contributed by atoms with van der Waals surface area (Å²) in [6, 6.07) is 27.1. The maximum atomic E-state index is 12.6. The maximum absolute atomic E-state index is 12.6. The number of aromatic nitrogens is 4. The van der Waals surface area contributed by atoms with E-state index < -0.39 is 0 Å². The van der Waals surface area contributed by atoms with E-state index in [-0.39, 0.29) is 5.56 Å². The lowest BCUT2D eigenvalue weighted by Crippen LogP contribution is -2.09. The molecule has 2 heterocycles. The zero-order valence-electron chi connectivity index (χ0n) is 15.4. The van der Waals surface area contributed by atoms with Gasteiger partial charge in [0, 0.05) is 16.8 Å². The van der Waals surface area contributed by atoms with Crippen molar-refractivity contribution in [2.24, 2.45) is 0 Å². The van der Waals surface area contributed by atoms with Crippen molar-refractivity contribution in [3.8, 4) is 28.2 Å². The number of nitrogens with one attached hydrogen (secondary N) is 1. The molecule has 0 amide bonds. The summed E-state index contributed by atoms with van der Waals surface area (Å²) >= 11 is 0. The molecule has 0 saturated heterocycles. The Balaban J connectivity index is 1.94. The van der Waals surface area contributed by atoms with E-state index in [1.54, 1.807) is 4.68 Å². The Bertz CT molecular complexity index is 1370. The van der Waals surface area contributed by atoms with Gasteiger partial charge in [0.1, 0.15) is 5.69 Å². The lowest BCUT2D eigenvalue weighted by Gasteiger charge is -2.10. The van der Waals surface area contributed by atoms with Crippen molar-refractivity contribution in [2.75, 3.05) is 5.73 Å². The minimum atomic E-state index is -0.334. The molecule has 2 aromatic heterocycles. The van der Waals surface area contributed by atoms with Gasteiger partial charge in [-0.05, 0) is 18.2 Å². The molecule has 0 atom stereocenters. The van der Waals surface area contributed by atoms with Crippen LogP contribution in [-0.4, -0.2) is 20.0 Å². The largest absolute Gasteiger partial charge is 0.399 e. The number of anilines is 1. The van der Waals surface area contributed by atoms with Crippen LogP contribution in [0.25, 0.3) is 39.1 Å². The molecule has 5 rings (SSSR count). The predicted molar refractivity (Wildman–Crippen MR) is 115 cm³/mol. The van der Waals surface area contributed by atoms with Crippen molar-refractivity contribution >= 4 is 16.6 Å². The van der Waals surface area contributed by atoms with Crippen LogP contribution in [0.2, 0.25) is 0 Å². The topological polar surface area (TPSA) is 89.6 Å². The minimum absolute atomic E-state index is 0.333. The summed E-state index contributed by atoms with van der Waals surface area (Å²) in [4.78, 5) is 12.6. The zero-order chi connectivity index (χ0) is 19.8. The smallest absolute Gasteiger partial charge is 0.292 e. The average molecular weight is 379 g/mol. The van der Waals surface area contributed by atoms with Gasteiger partial charge in [0.25, 0.3) is 5.56 Å². The first-order chi connectivity index (χ1) is 14.2. The van der Waals surface area contributed by atoms with E-state index in [4.69, 9.17) is 5.73 Å². The third-order valence-electron chi connectivity index (χ3n) is 4.82. The van der Waals surface area contributed by atoms with Gasteiger partial charge in [0.2, 0.25) is 0 Å². The maximum Gasteiger partial charge on any atom is 0.292 e. The number of H-pyrrole nitrogens is 1. The van der Waals surface area contributed by atoms with E-state index in [1.807, 2.05) is 84.9 Å². The van der Waals surface area contributed by atoms with Crippen LogP contribution < -0.4 is 11.3 Å². The van der Waals surface area contributed by atoms with Crippen molar-refractivity contribution in [1.82, 2.24) is 20.0 Å². The highest BCUT2D eigenvalue weighted by Gasteiger charge is 2.21. The molecule has 140 valence electrons. The Morgan fingerprint density at radius 3 is 2.21 bits per heavy atom. The number of aromatic amines is 1. The Hall–Kier alpha value is -4.19. The Morgan fingerprint density at radius 2 is 1.52 bits per heavy atom. The van der Waals surface area contributed by atoms with Crippen molar-refractivity contribution < 1.29 is 0 Å². The van der Waals surface area contributed by atoms with Crippen LogP contribution in [0.1, 0.15) is 0 Å². The molecular weight excluding hydrogens is 362 g/mol. The summed E-state index contributed by atoms with van der Waals surface area (Å²) in [5.41, 5.74) is 10.7. The van der Waals surface area contributed by atoms with Gasteiger partial charge in [-0.15, -0.1) is 0 Å². The number of hydrogen-bond donors (Lipinski definition) is 2. The van der Waals surface area contributed by atoms with Gasteiger partial charge < -0.3 is 5.73 Å². The highest BCUT2D eigenvalue weighted by molar-refractivity contribution is 6.02. The van der Waals surface area contributed by atoms with E-state index in [0.29, 0.717) is 22.3 Å². The molecule has 0 bridgehead atoms. The van der Waals surface area contributed by atoms with Crippen LogP contribution in [0.15, 0.2) is 89.7 Å². The molecule has 0 aliphatic rings. The molecule has 5 aromatic rings. The van der Waals surface area contributed by atoms with Gasteiger partial charge in [-0.1, -0.05) is 66.7 Å². The van der Waals surface area contributed by atoms with Gasteiger partial charge in [-0.2, -0.15) is 10.2 Å². The minimum Gasteiger partial charge on any atom is -0.399 e. The number of fused-ring (bicyclic) bond motifs is 1. The zero-order valence-corrected chi connectivity index (χ0v) is 15.4. The van der Waals surface area contributed by atoms with Gasteiger partial charge >= 0.3 is 0 Å². The third-order valence-corrected chi connectivity index (χ3v) is 4.82. The molecule has 6 nitrogen and oxygen atoms in total. The SMILES string of the molecule is Nc1cccc(-n2nc3c(=O)[nH]nc(-c4ccccc4)c3c2-c2ccccc2)c1. The number of benzene rings is 3. The van der Waals surface area contributed by atoms with Crippen molar-refractivity contribution in [3.63, 3.8) is 0 Å². The summed E-state index contributed by atoms with van der Waals surface area (Å²) in [5.74, 6) is 0. The molecule has 29 heavy (non-hydrogen) atoms. The lowest BCUT2D eigenvalue weighted by atomic mass is 10.0. The van der Waals surface area contributed by atoms with E-state index in [1.165, 1.54) is 0 Å². The van der Waals surface area contributed by atoms with E-state index in [0.717, 1.165) is 22.5 Å². The molecule has 0 radical (unpaired) electrons. The Morgan fingerprint density at radius 1 is 0.828 bits per heavy atom. The number of nitrogens with two attached hydrogens (primary N) is 1. The van der Waals surface area contributed by atoms with Crippen LogP contribution in [0.5, 0.6) is 0 Å². The number of nitrogen functional groups attached to an aromatic ring is 1. The third kappa shape index (κ3) is 2.87. The first kappa shape index (κ1) is 16.9. The summed E-state index contributed by atoms with van der Waals surface area (Å²) in [6.45, 7) is 0. The van der Waals surface area contributed by atoms with Crippen LogP contribution in [0.4, 0.5) is 5.69 Å². The predicted octanol–water partition coefficient (Wildman–Crippen LogP) is 4.03. The molecule has 0 aliphatic heterocycles. The fourth-order valence-electron chi connectivity index (χ4n) is 3.53. The molecular formula is C23H17N5O. The quantitative estimate of drug-likeness (QED) is 0.463. The van der Waals surface area contributed by atoms with Gasteiger partial charge in [-0.25, -0.2) is 9.78 Å². The van der Waals surface area contributed by atoms with Crippen LogP contribution in [0, 0.1) is 0 Å². The number of nitrogens with zero attached hydrogens (tertiary/aromatic N) is 3. The summed E-state index contributed by atoms with van der Waals surface area (Å²) in [6.07, 6.45) is 0. The van der Waals surface area contributed by atoms with Crippen molar-refractivity contribution in [1.29, 1.82) is 0 Å². The highest BCUT2D eigenvalue weighted by atomic mass is 16.1. The van der Waals surface area contributed by atoms with Gasteiger partial charge in [0.05, 0.1) is 16.8 Å². The lowest BCUT2D eigenvalue weighted by molar-refractivity contribution is 0.898. The normalized spacial score (nSPS) is 11.0. The first-order valence-corrected chi connectivity index (χ1v) is 9.20. The summed E-state index contributed by atoms with van der Waals surface area (Å²) in [7, 11) is 0. The van der Waals surface area contributed by atoms with Crippen LogP contribution >= 0.6 is 0 Å². The van der Waals surface area contributed by atoms with Crippen LogP contribution in [0.3, 0.4) is 0 Å². The van der Waals surface area contributed by atoms with Crippen molar-refractivity contribution in [3.05, 3.63) is 95.3 Å². The first-order valence-electron chi connectivity index (χ1n) is 9.20. The monoisotopic (exact) mass is 379 g/mol. The fourth-order valence-corrected chi connectivity index (χ4v) is 3.53. The van der Waals surface area contributed by atoms with E-state index >= 15 is 0 Å².